The van der Waals surface area contributed by atoms with Gasteiger partial charge in [0.2, 0.25) is 5.91 Å². The molecule has 1 saturated carbocycles. The zero-order valence-electron chi connectivity index (χ0n) is 17.7. The summed E-state index contributed by atoms with van der Waals surface area (Å²) in [6.45, 7) is 7.38. The minimum atomic E-state index is -0.846. The van der Waals surface area contributed by atoms with Crippen molar-refractivity contribution in [1.82, 2.24) is 5.32 Å². The molecule has 1 aromatic carbocycles. The second kappa shape index (κ2) is 11.2. The van der Waals surface area contributed by atoms with Crippen molar-refractivity contribution in [3.63, 3.8) is 0 Å². The van der Waals surface area contributed by atoms with E-state index in [9.17, 15) is 14.4 Å². The van der Waals surface area contributed by atoms with Crippen molar-refractivity contribution in [2.24, 2.45) is 5.92 Å². The second-order valence-electron chi connectivity index (χ2n) is 7.82. The van der Waals surface area contributed by atoms with E-state index in [1.807, 2.05) is 31.2 Å². The van der Waals surface area contributed by atoms with Gasteiger partial charge in [0.15, 0.2) is 6.10 Å². The number of anilines is 1. The number of hydrogen-bond donors (Lipinski definition) is 2. The molecule has 0 aliphatic heterocycles. The van der Waals surface area contributed by atoms with Crippen LogP contribution in [0.3, 0.4) is 0 Å². The van der Waals surface area contributed by atoms with Gasteiger partial charge in [-0.25, -0.2) is 0 Å². The second-order valence-corrected chi connectivity index (χ2v) is 9.15. The van der Waals surface area contributed by atoms with Crippen LogP contribution in [-0.4, -0.2) is 40.9 Å². The molecule has 29 heavy (non-hydrogen) atoms. The molecule has 160 valence electrons. The number of nitrogens with one attached hydrogen (secondary N) is 2. The van der Waals surface area contributed by atoms with Crippen molar-refractivity contribution in [2.45, 2.75) is 70.8 Å². The van der Waals surface area contributed by atoms with Crippen LogP contribution in [0, 0.1) is 12.8 Å². The summed E-state index contributed by atoms with van der Waals surface area (Å²) in [6.07, 6.45) is 3.54. The largest absolute Gasteiger partial charge is 0.452 e. The number of benzene rings is 1. The maximum absolute atomic E-state index is 12.3. The van der Waals surface area contributed by atoms with Gasteiger partial charge < -0.3 is 15.4 Å². The number of rotatable bonds is 8. The lowest BCUT2D eigenvalue weighted by atomic mass is 9.86. The van der Waals surface area contributed by atoms with Gasteiger partial charge in [-0.3, -0.25) is 14.4 Å². The van der Waals surface area contributed by atoms with E-state index in [1.165, 1.54) is 18.2 Å². The average molecular weight is 421 g/mol. The molecule has 1 aliphatic rings. The molecule has 1 aliphatic carbocycles. The molecule has 0 radical (unpaired) electrons. The lowest BCUT2D eigenvalue weighted by Gasteiger charge is -2.30. The molecule has 0 aromatic heterocycles. The predicted octanol–water partition coefficient (Wildman–Crippen LogP) is 3.68. The lowest BCUT2D eigenvalue weighted by Crippen LogP contribution is -2.46. The first-order valence-corrected chi connectivity index (χ1v) is 11.3. The maximum Gasteiger partial charge on any atom is 0.319 e. The number of thioether (sulfide) groups is 1. The Kier molecular flexibility index (Phi) is 9.01. The fourth-order valence-electron chi connectivity index (χ4n) is 3.26. The highest BCUT2D eigenvalue weighted by Gasteiger charge is 2.27. The number of carbonyl (C=O) groups excluding carboxylic acids is 3. The molecule has 0 bridgehead atoms. The van der Waals surface area contributed by atoms with E-state index in [-0.39, 0.29) is 23.6 Å². The van der Waals surface area contributed by atoms with Crippen LogP contribution in [0.2, 0.25) is 0 Å². The molecular formula is C22H32N2O4S. The first-order valence-electron chi connectivity index (χ1n) is 10.2. The molecule has 2 N–H and O–H groups in total. The fraction of sp³-hybridized carbons (Fsp3) is 0.591. The van der Waals surface area contributed by atoms with Crippen molar-refractivity contribution in [3.8, 4) is 0 Å². The van der Waals surface area contributed by atoms with Gasteiger partial charge in [-0.05, 0) is 51.7 Å². The molecule has 0 spiro atoms. The zero-order chi connectivity index (χ0) is 21.4. The average Bonchev–Trinajstić information content (AvgIpc) is 2.69. The van der Waals surface area contributed by atoms with Gasteiger partial charge in [0.05, 0.1) is 5.75 Å². The summed E-state index contributed by atoms with van der Waals surface area (Å²) in [5, 5.41) is 5.26. The van der Waals surface area contributed by atoms with Crippen LogP contribution in [0.25, 0.3) is 0 Å². The van der Waals surface area contributed by atoms with Crippen molar-refractivity contribution < 1.29 is 19.1 Å². The molecule has 2 amide bonds. The number of carbonyl (C=O) groups is 3. The molecule has 7 heteroatoms. The molecule has 0 unspecified atom stereocenters. The Labute approximate surface area is 177 Å². The smallest absolute Gasteiger partial charge is 0.319 e. The Morgan fingerprint density at radius 2 is 1.79 bits per heavy atom. The molecule has 1 fully saturated rings. The SMILES string of the molecule is Cc1ccc(NC(=O)CS[C@@H](C)C(=O)O[C@H](C)C(=O)N[C@@H]2CCCC[C@@H]2C)cc1. The zero-order valence-corrected chi connectivity index (χ0v) is 18.5. The van der Waals surface area contributed by atoms with Gasteiger partial charge in [0, 0.05) is 11.7 Å². The van der Waals surface area contributed by atoms with Gasteiger partial charge in [0.1, 0.15) is 5.25 Å². The predicted molar refractivity (Wildman–Crippen MR) is 117 cm³/mol. The Hall–Kier alpha value is -2.02. The highest BCUT2D eigenvalue weighted by Crippen LogP contribution is 2.24. The van der Waals surface area contributed by atoms with Gasteiger partial charge >= 0.3 is 5.97 Å². The van der Waals surface area contributed by atoms with Crippen molar-refractivity contribution in [2.75, 3.05) is 11.1 Å². The van der Waals surface area contributed by atoms with E-state index >= 15 is 0 Å². The molecular weight excluding hydrogens is 388 g/mol. The number of hydrogen-bond acceptors (Lipinski definition) is 5. The molecule has 4 atom stereocenters. The summed E-state index contributed by atoms with van der Waals surface area (Å²) in [5.74, 6) is -0.360. The number of ether oxygens (including phenoxy) is 1. The normalized spacial score (nSPS) is 21.0. The third-order valence-corrected chi connectivity index (χ3v) is 6.35. The Morgan fingerprint density at radius 1 is 1.14 bits per heavy atom. The van der Waals surface area contributed by atoms with Crippen molar-refractivity contribution in [1.29, 1.82) is 0 Å². The first kappa shape index (κ1) is 23.3. The number of esters is 1. The Bertz CT molecular complexity index is 707. The van der Waals surface area contributed by atoms with Gasteiger partial charge in [0.25, 0.3) is 5.91 Å². The van der Waals surface area contributed by atoms with E-state index in [2.05, 4.69) is 17.6 Å². The van der Waals surface area contributed by atoms with Crippen LogP contribution in [-0.2, 0) is 19.1 Å². The summed E-state index contributed by atoms with van der Waals surface area (Å²) < 4.78 is 5.31. The highest BCUT2D eigenvalue weighted by molar-refractivity contribution is 8.01. The van der Waals surface area contributed by atoms with E-state index in [0.29, 0.717) is 5.92 Å². The summed E-state index contributed by atoms with van der Waals surface area (Å²) in [5.41, 5.74) is 1.84. The number of aryl methyl sites for hydroxylation is 1. The maximum atomic E-state index is 12.3. The first-order chi connectivity index (χ1) is 13.8. The topological polar surface area (TPSA) is 84.5 Å². The minimum Gasteiger partial charge on any atom is -0.452 e. The third kappa shape index (κ3) is 7.72. The fourth-order valence-corrected chi connectivity index (χ4v) is 3.92. The summed E-state index contributed by atoms with van der Waals surface area (Å²) >= 11 is 1.19. The molecule has 6 nitrogen and oxygen atoms in total. The molecule has 2 rings (SSSR count). The van der Waals surface area contributed by atoms with Gasteiger partial charge in [-0.2, -0.15) is 0 Å². The highest BCUT2D eigenvalue weighted by atomic mass is 32.2. The van der Waals surface area contributed by atoms with Crippen LogP contribution in [0.1, 0.15) is 52.0 Å². The minimum absolute atomic E-state index is 0.129. The summed E-state index contributed by atoms with van der Waals surface area (Å²) in [7, 11) is 0. The van der Waals surface area contributed by atoms with Crippen LogP contribution in [0.15, 0.2) is 24.3 Å². The van der Waals surface area contributed by atoms with E-state index in [0.717, 1.165) is 30.5 Å². The van der Waals surface area contributed by atoms with Crippen molar-refractivity contribution >= 4 is 35.2 Å². The van der Waals surface area contributed by atoms with Crippen LogP contribution < -0.4 is 10.6 Å². The van der Waals surface area contributed by atoms with Crippen LogP contribution >= 0.6 is 11.8 Å². The van der Waals surface area contributed by atoms with Gasteiger partial charge in [-0.1, -0.05) is 37.5 Å². The monoisotopic (exact) mass is 420 g/mol. The third-order valence-electron chi connectivity index (χ3n) is 5.23. The Balaban J connectivity index is 1.72. The Morgan fingerprint density at radius 3 is 2.45 bits per heavy atom. The van der Waals surface area contributed by atoms with Crippen LogP contribution in [0.4, 0.5) is 5.69 Å². The van der Waals surface area contributed by atoms with E-state index in [4.69, 9.17) is 4.74 Å². The van der Waals surface area contributed by atoms with E-state index in [1.54, 1.807) is 13.8 Å². The van der Waals surface area contributed by atoms with Gasteiger partial charge in [-0.15, -0.1) is 11.8 Å². The van der Waals surface area contributed by atoms with Crippen LogP contribution in [0.5, 0.6) is 0 Å². The summed E-state index contributed by atoms with van der Waals surface area (Å²) in [6, 6.07) is 7.66. The molecule has 0 saturated heterocycles. The lowest BCUT2D eigenvalue weighted by molar-refractivity contribution is -0.154. The number of amides is 2. The quantitative estimate of drug-likeness (QED) is 0.627. The van der Waals surface area contributed by atoms with Crippen molar-refractivity contribution in [3.05, 3.63) is 29.8 Å². The van der Waals surface area contributed by atoms with E-state index < -0.39 is 17.3 Å². The molecule has 0 heterocycles. The molecule has 1 aromatic rings. The summed E-state index contributed by atoms with van der Waals surface area (Å²) in [4.78, 5) is 36.7. The standard InChI is InChI=1S/C22H32N2O4S/c1-14-9-11-18(12-10-14)23-20(25)13-29-17(4)22(27)28-16(3)21(26)24-19-8-6-5-7-15(19)2/h9-12,15-17,19H,5-8,13H2,1-4H3,(H,23,25)(H,24,26)/t15-,16+,17-,19+/m0/s1.